The van der Waals surface area contributed by atoms with E-state index in [9.17, 15) is 18.0 Å². The predicted molar refractivity (Wildman–Crippen MR) is 133 cm³/mol. The highest BCUT2D eigenvalue weighted by Gasteiger charge is 2.32. The van der Waals surface area contributed by atoms with E-state index in [1.807, 2.05) is 0 Å². The van der Waals surface area contributed by atoms with Gasteiger partial charge in [-0.25, -0.2) is 0 Å². The molecule has 0 radical (unpaired) electrons. The second kappa shape index (κ2) is 11.8. The Balaban J connectivity index is 1.29. The fourth-order valence-electron chi connectivity index (χ4n) is 4.57. The zero-order valence-electron chi connectivity index (χ0n) is 21.0. The number of alkyl halides is 3. The summed E-state index contributed by atoms with van der Waals surface area (Å²) in [5.74, 6) is 0.947. The summed E-state index contributed by atoms with van der Waals surface area (Å²) >= 11 is 0. The molecule has 0 spiro atoms. The number of likely N-dealkylation sites (N-methyl/N-ethyl adjacent to an activating group) is 1. The molecule has 4 rings (SSSR count). The van der Waals surface area contributed by atoms with E-state index in [2.05, 4.69) is 52.5 Å². The molecule has 202 valence electrons. The average Bonchev–Trinajstić information content (AvgIpc) is 2.88. The number of hydrogen-bond acceptors (Lipinski definition) is 9. The maximum Gasteiger partial charge on any atom is 0.573 e. The first kappa shape index (κ1) is 26.7. The maximum absolute atomic E-state index is 12.7. The zero-order valence-corrected chi connectivity index (χ0v) is 21.0. The Morgan fingerprint density at radius 2 is 1.70 bits per heavy atom. The first-order chi connectivity index (χ1) is 17.7. The van der Waals surface area contributed by atoms with Crippen molar-refractivity contribution in [2.45, 2.75) is 44.6 Å². The number of para-hydroxylation sites is 1. The summed E-state index contributed by atoms with van der Waals surface area (Å²) in [6, 6.07) is 5.92. The van der Waals surface area contributed by atoms with Crippen molar-refractivity contribution < 1.29 is 22.7 Å². The molecular formula is C24H33F3N8O2. The number of nitrogens with zero attached hydrogens (tertiary/aromatic N) is 5. The zero-order chi connectivity index (χ0) is 26.4. The van der Waals surface area contributed by atoms with Gasteiger partial charge in [-0.15, -0.1) is 13.2 Å². The molecule has 13 heteroatoms. The van der Waals surface area contributed by atoms with Crippen molar-refractivity contribution in [2.24, 2.45) is 5.92 Å². The minimum Gasteiger partial charge on any atom is -0.405 e. The van der Waals surface area contributed by atoms with Gasteiger partial charge in [0.05, 0.1) is 0 Å². The number of carbonyl (C=O) groups is 1. The number of nitrogens with one attached hydrogen (secondary N) is 3. The highest BCUT2D eigenvalue weighted by atomic mass is 19.4. The van der Waals surface area contributed by atoms with Gasteiger partial charge < -0.3 is 30.5 Å². The lowest BCUT2D eigenvalue weighted by Crippen LogP contribution is -2.45. The van der Waals surface area contributed by atoms with Crippen molar-refractivity contribution in [1.82, 2.24) is 25.2 Å². The second-order valence-electron chi connectivity index (χ2n) is 9.39. The minimum absolute atomic E-state index is 0.0318. The van der Waals surface area contributed by atoms with Crippen molar-refractivity contribution in [2.75, 3.05) is 55.8 Å². The Bertz CT molecular complexity index is 1050. The summed E-state index contributed by atoms with van der Waals surface area (Å²) in [5, 5.41) is 9.16. The van der Waals surface area contributed by atoms with Gasteiger partial charge in [0, 0.05) is 57.3 Å². The van der Waals surface area contributed by atoms with Crippen LogP contribution in [0.2, 0.25) is 0 Å². The van der Waals surface area contributed by atoms with Crippen LogP contribution in [0.1, 0.15) is 31.2 Å². The Labute approximate surface area is 214 Å². The molecule has 2 fully saturated rings. The molecule has 0 unspecified atom stereocenters. The predicted octanol–water partition coefficient (Wildman–Crippen LogP) is 2.85. The number of piperazine rings is 1. The van der Waals surface area contributed by atoms with Crippen molar-refractivity contribution in [3.05, 3.63) is 29.8 Å². The van der Waals surface area contributed by atoms with Gasteiger partial charge in [0.1, 0.15) is 5.75 Å². The summed E-state index contributed by atoms with van der Waals surface area (Å²) in [4.78, 5) is 30.7. The van der Waals surface area contributed by atoms with Gasteiger partial charge in [0.15, 0.2) is 0 Å². The van der Waals surface area contributed by atoms with Crippen LogP contribution in [0.25, 0.3) is 0 Å². The van der Waals surface area contributed by atoms with E-state index in [4.69, 9.17) is 0 Å². The SMILES string of the molecule is CNc1nc(N[C@H]2CC[C@H](C(=O)NCc3ccccc3OC(F)(F)F)CC2)nc(N2CCN(C)CC2)n1. The number of halogens is 3. The van der Waals surface area contributed by atoms with Gasteiger partial charge in [-0.05, 0) is 38.8 Å². The van der Waals surface area contributed by atoms with Crippen molar-refractivity contribution in [1.29, 1.82) is 0 Å². The number of aromatic nitrogens is 3. The molecule has 2 heterocycles. The summed E-state index contributed by atoms with van der Waals surface area (Å²) in [7, 11) is 3.86. The first-order valence-electron chi connectivity index (χ1n) is 12.5. The van der Waals surface area contributed by atoms with Crippen LogP contribution >= 0.6 is 0 Å². The van der Waals surface area contributed by atoms with Crippen molar-refractivity contribution in [3.63, 3.8) is 0 Å². The smallest absolute Gasteiger partial charge is 0.405 e. The Morgan fingerprint density at radius 1 is 1.03 bits per heavy atom. The third-order valence-corrected chi connectivity index (χ3v) is 6.72. The molecule has 1 amide bonds. The molecule has 1 aromatic carbocycles. The number of amides is 1. The third-order valence-electron chi connectivity index (χ3n) is 6.72. The third kappa shape index (κ3) is 7.57. The standard InChI is InChI=1S/C24H33F3N8O2/c1-28-21-31-22(33-23(32-21)35-13-11-34(2)12-14-35)30-18-9-7-16(8-10-18)20(36)29-15-17-5-3-4-6-19(17)37-24(25,26)27/h3-6,16,18H,7-15H2,1-2H3,(H,29,36)(H2,28,30,31,32,33)/t16-,18-. The Kier molecular flexibility index (Phi) is 8.52. The Morgan fingerprint density at radius 3 is 2.38 bits per heavy atom. The molecule has 0 bridgehead atoms. The fourth-order valence-corrected chi connectivity index (χ4v) is 4.57. The number of benzene rings is 1. The van der Waals surface area contributed by atoms with Gasteiger partial charge in [-0.3, -0.25) is 4.79 Å². The molecule has 0 atom stereocenters. The summed E-state index contributed by atoms with van der Waals surface area (Å²) < 4.78 is 42.0. The van der Waals surface area contributed by atoms with Crippen LogP contribution in [0.3, 0.4) is 0 Å². The number of ether oxygens (including phenoxy) is 1. The van der Waals surface area contributed by atoms with Gasteiger partial charge in [-0.2, -0.15) is 15.0 Å². The second-order valence-corrected chi connectivity index (χ2v) is 9.39. The molecule has 1 aromatic heterocycles. The molecule has 1 aliphatic heterocycles. The topological polar surface area (TPSA) is 108 Å². The fraction of sp³-hybridized carbons (Fsp3) is 0.583. The molecular weight excluding hydrogens is 489 g/mol. The van der Waals surface area contributed by atoms with E-state index in [0.29, 0.717) is 30.7 Å². The molecule has 1 saturated carbocycles. The van der Waals surface area contributed by atoms with Crippen LogP contribution in [-0.2, 0) is 11.3 Å². The summed E-state index contributed by atoms with van der Waals surface area (Å²) in [5.41, 5.74) is 0.273. The lowest BCUT2D eigenvalue weighted by Gasteiger charge is -2.33. The minimum atomic E-state index is -4.79. The highest BCUT2D eigenvalue weighted by Crippen LogP contribution is 2.28. The lowest BCUT2D eigenvalue weighted by atomic mass is 9.85. The van der Waals surface area contributed by atoms with E-state index in [1.165, 1.54) is 18.2 Å². The number of carbonyl (C=O) groups excluding carboxylic acids is 1. The quantitative estimate of drug-likeness (QED) is 0.482. The van der Waals surface area contributed by atoms with E-state index in [0.717, 1.165) is 39.0 Å². The average molecular weight is 523 g/mol. The van der Waals surface area contributed by atoms with Gasteiger partial charge in [0.25, 0.3) is 0 Å². The van der Waals surface area contributed by atoms with Crippen molar-refractivity contribution >= 4 is 23.8 Å². The lowest BCUT2D eigenvalue weighted by molar-refractivity contribution is -0.274. The van der Waals surface area contributed by atoms with Crippen LogP contribution in [0.4, 0.5) is 31.0 Å². The number of rotatable bonds is 8. The molecule has 2 aromatic rings. The molecule has 1 saturated heterocycles. The number of hydrogen-bond donors (Lipinski definition) is 3. The largest absolute Gasteiger partial charge is 0.573 e. The molecule has 37 heavy (non-hydrogen) atoms. The van der Waals surface area contributed by atoms with E-state index in [-0.39, 0.29) is 35.7 Å². The van der Waals surface area contributed by atoms with Crippen molar-refractivity contribution in [3.8, 4) is 5.75 Å². The van der Waals surface area contributed by atoms with Gasteiger partial charge in [0.2, 0.25) is 23.8 Å². The van der Waals surface area contributed by atoms with E-state index >= 15 is 0 Å². The van der Waals surface area contributed by atoms with Crippen LogP contribution in [0, 0.1) is 5.92 Å². The normalized spacial score (nSPS) is 20.8. The van der Waals surface area contributed by atoms with Crippen LogP contribution in [0.5, 0.6) is 5.75 Å². The molecule has 3 N–H and O–H groups in total. The maximum atomic E-state index is 12.7. The Hall–Kier alpha value is -3.35. The van der Waals surface area contributed by atoms with E-state index in [1.54, 1.807) is 13.1 Å². The van der Waals surface area contributed by atoms with Crippen LogP contribution in [-0.4, -0.2) is 78.4 Å². The summed E-state index contributed by atoms with van der Waals surface area (Å²) in [6.45, 7) is 3.54. The van der Waals surface area contributed by atoms with Crippen LogP contribution < -0.4 is 25.6 Å². The molecule has 2 aliphatic rings. The highest BCUT2D eigenvalue weighted by molar-refractivity contribution is 5.78. The van der Waals surface area contributed by atoms with E-state index < -0.39 is 6.36 Å². The monoisotopic (exact) mass is 522 g/mol. The molecule has 10 nitrogen and oxygen atoms in total. The number of anilines is 3. The van der Waals surface area contributed by atoms with Crippen LogP contribution in [0.15, 0.2) is 24.3 Å². The first-order valence-corrected chi connectivity index (χ1v) is 12.5. The van der Waals surface area contributed by atoms with Gasteiger partial charge >= 0.3 is 6.36 Å². The summed E-state index contributed by atoms with van der Waals surface area (Å²) in [6.07, 6.45) is -1.99. The van der Waals surface area contributed by atoms with Gasteiger partial charge in [-0.1, -0.05) is 18.2 Å². The molecule has 1 aliphatic carbocycles.